The SMILES string of the molecule is CC(=O)C(C)CCCCCC(=O)CC(C)C(C)=O. The Morgan fingerprint density at radius 3 is 1.89 bits per heavy atom. The number of ketones is 3. The number of Topliss-reactive ketones (excluding diaryl/α,β-unsaturated/α-hetero) is 3. The van der Waals surface area contributed by atoms with Gasteiger partial charge in [-0.3, -0.25) is 14.4 Å². The second-order valence-electron chi connectivity index (χ2n) is 5.37. The normalized spacial score (nSPS) is 14.0. The van der Waals surface area contributed by atoms with Gasteiger partial charge in [-0.1, -0.05) is 26.7 Å². The zero-order valence-electron chi connectivity index (χ0n) is 12.1. The molecule has 0 spiro atoms. The third-order valence-electron chi connectivity index (χ3n) is 3.51. The smallest absolute Gasteiger partial charge is 0.133 e. The number of carbonyl (C=O) groups is 3. The fraction of sp³-hybridized carbons (Fsp3) is 0.800. The highest BCUT2D eigenvalue weighted by molar-refractivity contribution is 5.86. The van der Waals surface area contributed by atoms with Crippen LogP contribution in [0.5, 0.6) is 0 Å². The van der Waals surface area contributed by atoms with E-state index in [1.165, 1.54) is 6.92 Å². The summed E-state index contributed by atoms with van der Waals surface area (Å²) < 4.78 is 0. The molecule has 0 N–H and O–H groups in total. The van der Waals surface area contributed by atoms with Gasteiger partial charge >= 0.3 is 0 Å². The molecule has 0 aromatic heterocycles. The zero-order chi connectivity index (χ0) is 14.1. The average molecular weight is 254 g/mol. The van der Waals surface area contributed by atoms with Crippen molar-refractivity contribution in [2.45, 2.75) is 66.2 Å². The molecule has 0 heterocycles. The third kappa shape index (κ3) is 8.15. The summed E-state index contributed by atoms with van der Waals surface area (Å²) in [5.41, 5.74) is 0. The Labute approximate surface area is 110 Å². The molecule has 0 radical (unpaired) electrons. The molecule has 0 fully saturated rings. The Balaban J connectivity index is 3.58. The molecule has 3 heteroatoms. The molecular formula is C15H26O3. The molecule has 0 aliphatic carbocycles. The van der Waals surface area contributed by atoms with Crippen LogP contribution in [0.3, 0.4) is 0 Å². The maximum absolute atomic E-state index is 11.6. The number of hydrogen-bond donors (Lipinski definition) is 0. The first kappa shape index (κ1) is 17.0. The molecule has 104 valence electrons. The van der Waals surface area contributed by atoms with Crippen molar-refractivity contribution >= 4 is 17.3 Å². The van der Waals surface area contributed by atoms with E-state index in [-0.39, 0.29) is 29.2 Å². The maximum atomic E-state index is 11.6. The zero-order valence-corrected chi connectivity index (χ0v) is 12.1. The van der Waals surface area contributed by atoms with Crippen molar-refractivity contribution in [1.29, 1.82) is 0 Å². The van der Waals surface area contributed by atoms with E-state index in [0.29, 0.717) is 12.8 Å². The van der Waals surface area contributed by atoms with Crippen molar-refractivity contribution in [3.05, 3.63) is 0 Å². The van der Waals surface area contributed by atoms with Gasteiger partial charge in [0.05, 0.1) is 0 Å². The summed E-state index contributed by atoms with van der Waals surface area (Å²) >= 11 is 0. The van der Waals surface area contributed by atoms with Crippen molar-refractivity contribution in [3.63, 3.8) is 0 Å². The van der Waals surface area contributed by atoms with E-state index in [4.69, 9.17) is 0 Å². The summed E-state index contributed by atoms with van der Waals surface area (Å²) in [5, 5.41) is 0. The molecule has 18 heavy (non-hydrogen) atoms. The molecule has 0 saturated heterocycles. The van der Waals surface area contributed by atoms with Crippen LogP contribution in [0.4, 0.5) is 0 Å². The lowest BCUT2D eigenvalue weighted by molar-refractivity contribution is -0.126. The molecule has 0 rings (SSSR count). The Morgan fingerprint density at radius 1 is 0.833 bits per heavy atom. The van der Waals surface area contributed by atoms with E-state index < -0.39 is 0 Å². The van der Waals surface area contributed by atoms with Gasteiger partial charge in [-0.25, -0.2) is 0 Å². The predicted octanol–water partition coefficient (Wildman–Crippen LogP) is 3.35. The summed E-state index contributed by atoms with van der Waals surface area (Å²) in [7, 11) is 0. The largest absolute Gasteiger partial charge is 0.300 e. The molecule has 0 aromatic rings. The summed E-state index contributed by atoms with van der Waals surface area (Å²) in [6.07, 6.45) is 4.70. The minimum Gasteiger partial charge on any atom is -0.300 e. The van der Waals surface area contributed by atoms with Crippen molar-refractivity contribution in [3.8, 4) is 0 Å². The lowest BCUT2D eigenvalue weighted by Crippen LogP contribution is -2.12. The van der Waals surface area contributed by atoms with Gasteiger partial charge in [-0.05, 0) is 26.7 Å². The van der Waals surface area contributed by atoms with Gasteiger partial charge in [0.2, 0.25) is 0 Å². The number of carbonyl (C=O) groups excluding carboxylic acids is 3. The van der Waals surface area contributed by atoms with Gasteiger partial charge in [0.1, 0.15) is 17.3 Å². The van der Waals surface area contributed by atoms with Gasteiger partial charge in [0, 0.05) is 24.7 Å². The molecule has 0 saturated carbocycles. The minimum absolute atomic E-state index is 0.0821. The van der Waals surface area contributed by atoms with Gasteiger partial charge in [0.25, 0.3) is 0 Å². The molecule has 0 bridgehead atoms. The van der Waals surface area contributed by atoms with Crippen molar-refractivity contribution < 1.29 is 14.4 Å². The van der Waals surface area contributed by atoms with Crippen LogP contribution in [-0.4, -0.2) is 17.3 Å². The molecule has 0 amide bonds. The van der Waals surface area contributed by atoms with Gasteiger partial charge in [0.15, 0.2) is 0 Å². The average Bonchev–Trinajstić information content (AvgIpc) is 2.27. The monoisotopic (exact) mass is 254 g/mol. The van der Waals surface area contributed by atoms with Crippen LogP contribution < -0.4 is 0 Å². The summed E-state index contributed by atoms with van der Waals surface area (Å²) in [6, 6.07) is 0. The first-order chi connectivity index (χ1) is 8.34. The highest BCUT2D eigenvalue weighted by Crippen LogP contribution is 2.13. The molecule has 0 aliphatic heterocycles. The van der Waals surface area contributed by atoms with Crippen LogP contribution in [0.25, 0.3) is 0 Å². The van der Waals surface area contributed by atoms with Crippen LogP contribution >= 0.6 is 0 Å². The Morgan fingerprint density at radius 2 is 1.39 bits per heavy atom. The summed E-state index contributed by atoms with van der Waals surface area (Å²) in [5.74, 6) is 0.492. The van der Waals surface area contributed by atoms with Crippen molar-refractivity contribution in [1.82, 2.24) is 0 Å². The Bertz CT molecular complexity index is 294. The lowest BCUT2D eigenvalue weighted by Gasteiger charge is -2.08. The second-order valence-corrected chi connectivity index (χ2v) is 5.37. The van der Waals surface area contributed by atoms with E-state index in [1.54, 1.807) is 13.8 Å². The van der Waals surface area contributed by atoms with Crippen molar-refractivity contribution in [2.75, 3.05) is 0 Å². The quantitative estimate of drug-likeness (QED) is 0.562. The number of unbranched alkanes of at least 4 members (excludes halogenated alkanes) is 2. The van der Waals surface area contributed by atoms with Crippen molar-refractivity contribution in [2.24, 2.45) is 11.8 Å². The molecule has 0 aromatic carbocycles. The molecule has 3 nitrogen and oxygen atoms in total. The fourth-order valence-corrected chi connectivity index (χ4v) is 1.74. The van der Waals surface area contributed by atoms with Crippen LogP contribution in [0, 0.1) is 11.8 Å². The lowest BCUT2D eigenvalue weighted by atomic mass is 9.96. The first-order valence-electron chi connectivity index (χ1n) is 6.87. The molecular weight excluding hydrogens is 228 g/mol. The van der Waals surface area contributed by atoms with Crippen LogP contribution in [0.2, 0.25) is 0 Å². The molecule has 2 unspecified atom stereocenters. The first-order valence-corrected chi connectivity index (χ1v) is 6.87. The van der Waals surface area contributed by atoms with Gasteiger partial charge in [-0.2, -0.15) is 0 Å². The number of hydrogen-bond acceptors (Lipinski definition) is 3. The van der Waals surface area contributed by atoms with Crippen LogP contribution in [-0.2, 0) is 14.4 Å². The third-order valence-corrected chi connectivity index (χ3v) is 3.51. The standard InChI is InChI=1S/C15H26O3/c1-11(13(3)16)8-6-5-7-9-15(18)10-12(2)14(4)17/h11-12H,5-10H2,1-4H3. The Kier molecular flexibility index (Phi) is 8.51. The predicted molar refractivity (Wildman–Crippen MR) is 72.4 cm³/mol. The summed E-state index contributed by atoms with van der Waals surface area (Å²) in [4.78, 5) is 33.6. The minimum atomic E-state index is -0.143. The van der Waals surface area contributed by atoms with Gasteiger partial charge in [-0.15, -0.1) is 0 Å². The Hall–Kier alpha value is -0.990. The summed E-state index contributed by atoms with van der Waals surface area (Å²) in [6.45, 7) is 6.90. The van der Waals surface area contributed by atoms with E-state index in [9.17, 15) is 14.4 Å². The van der Waals surface area contributed by atoms with Gasteiger partial charge < -0.3 is 0 Å². The van der Waals surface area contributed by atoms with Crippen LogP contribution in [0.15, 0.2) is 0 Å². The molecule has 2 atom stereocenters. The molecule has 0 aliphatic rings. The fourth-order valence-electron chi connectivity index (χ4n) is 1.74. The maximum Gasteiger partial charge on any atom is 0.133 e. The van der Waals surface area contributed by atoms with E-state index in [2.05, 4.69) is 0 Å². The topological polar surface area (TPSA) is 51.2 Å². The highest BCUT2D eigenvalue weighted by atomic mass is 16.1. The van der Waals surface area contributed by atoms with E-state index in [0.717, 1.165) is 25.7 Å². The van der Waals surface area contributed by atoms with E-state index >= 15 is 0 Å². The number of rotatable bonds is 10. The van der Waals surface area contributed by atoms with Crippen LogP contribution in [0.1, 0.15) is 66.2 Å². The highest BCUT2D eigenvalue weighted by Gasteiger charge is 2.12. The van der Waals surface area contributed by atoms with E-state index in [1.807, 2.05) is 6.92 Å². The second kappa shape index (κ2) is 9.01.